The first-order valence-corrected chi connectivity index (χ1v) is 7.66. The smallest absolute Gasteiger partial charge is 0.303 e. The molecular formula is C14H16N2O4S. The number of nitrogens with zero attached hydrogens (tertiary/aromatic N) is 1. The monoisotopic (exact) mass is 308 g/mol. The summed E-state index contributed by atoms with van der Waals surface area (Å²) in [4.78, 5) is 35.4. The Morgan fingerprint density at radius 1 is 1.38 bits per heavy atom. The number of thioether (sulfide) groups is 1. The van der Waals surface area contributed by atoms with Crippen molar-refractivity contribution in [3.05, 3.63) is 29.8 Å². The molecule has 1 aromatic carbocycles. The summed E-state index contributed by atoms with van der Waals surface area (Å²) < 4.78 is 0. The molecule has 0 radical (unpaired) electrons. The van der Waals surface area contributed by atoms with Gasteiger partial charge < -0.3 is 15.3 Å². The fraction of sp³-hybridized carbons (Fsp3) is 0.357. The van der Waals surface area contributed by atoms with Crippen molar-refractivity contribution in [3.8, 4) is 0 Å². The number of carbonyl (C=O) groups excluding carboxylic acids is 2. The predicted octanol–water partition coefficient (Wildman–Crippen LogP) is 1.18. The largest absolute Gasteiger partial charge is 0.481 e. The van der Waals surface area contributed by atoms with E-state index in [0.717, 1.165) is 5.56 Å². The van der Waals surface area contributed by atoms with Gasteiger partial charge in [-0.1, -0.05) is 12.1 Å². The molecule has 1 fully saturated rings. The fourth-order valence-corrected chi connectivity index (χ4v) is 2.87. The number of carboxylic acids is 1. The quantitative estimate of drug-likeness (QED) is 0.824. The molecule has 1 aliphatic heterocycles. The van der Waals surface area contributed by atoms with Crippen molar-refractivity contribution in [2.24, 2.45) is 0 Å². The molecule has 0 atom stereocenters. The minimum absolute atomic E-state index is 0.0228. The van der Waals surface area contributed by atoms with Crippen LogP contribution < -0.4 is 5.32 Å². The van der Waals surface area contributed by atoms with Crippen LogP contribution in [0.15, 0.2) is 24.3 Å². The number of aryl methyl sites for hydroxylation is 1. The van der Waals surface area contributed by atoms with Gasteiger partial charge in [-0.15, -0.1) is 11.8 Å². The lowest BCUT2D eigenvalue weighted by atomic mass is 10.1. The van der Waals surface area contributed by atoms with Gasteiger partial charge in [0.25, 0.3) is 0 Å². The van der Waals surface area contributed by atoms with Crippen molar-refractivity contribution in [1.82, 2.24) is 4.90 Å². The number of benzene rings is 1. The van der Waals surface area contributed by atoms with Crippen molar-refractivity contribution >= 4 is 35.2 Å². The normalized spacial score (nSPS) is 14.3. The number of rotatable bonds is 6. The van der Waals surface area contributed by atoms with Crippen LogP contribution >= 0.6 is 11.8 Å². The number of hydrogen-bond acceptors (Lipinski definition) is 4. The van der Waals surface area contributed by atoms with E-state index in [-0.39, 0.29) is 24.8 Å². The van der Waals surface area contributed by atoms with E-state index in [1.54, 1.807) is 18.2 Å². The molecule has 0 aliphatic carbocycles. The molecule has 1 saturated heterocycles. The van der Waals surface area contributed by atoms with Crippen LogP contribution in [-0.2, 0) is 20.8 Å². The molecule has 21 heavy (non-hydrogen) atoms. The van der Waals surface area contributed by atoms with Crippen LogP contribution in [0.4, 0.5) is 5.69 Å². The molecule has 2 N–H and O–H groups in total. The van der Waals surface area contributed by atoms with Crippen molar-refractivity contribution < 1.29 is 19.5 Å². The van der Waals surface area contributed by atoms with E-state index in [2.05, 4.69) is 5.32 Å². The molecule has 2 amide bonds. The minimum atomic E-state index is -0.852. The van der Waals surface area contributed by atoms with Crippen LogP contribution in [-0.4, -0.2) is 46.0 Å². The first-order valence-electron chi connectivity index (χ1n) is 6.50. The second-order valence-electron chi connectivity index (χ2n) is 4.71. The van der Waals surface area contributed by atoms with E-state index < -0.39 is 5.97 Å². The molecule has 112 valence electrons. The third kappa shape index (κ3) is 4.78. The highest BCUT2D eigenvalue weighted by molar-refractivity contribution is 8.00. The third-order valence-electron chi connectivity index (χ3n) is 3.00. The Labute approximate surface area is 126 Å². The number of hydrogen-bond donors (Lipinski definition) is 2. The Balaban J connectivity index is 1.89. The lowest BCUT2D eigenvalue weighted by Crippen LogP contribution is -2.34. The molecule has 0 unspecified atom stereocenters. The first kappa shape index (κ1) is 15.4. The molecule has 6 nitrogen and oxygen atoms in total. The third-order valence-corrected chi connectivity index (χ3v) is 3.94. The Hall–Kier alpha value is -2.02. The standard InChI is InChI=1S/C14H16N2O4S/c17-12(7-16-9-21-8-13(16)18)15-11-3-1-2-10(6-11)4-5-14(19)20/h1-3,6H,4-5,7-9H2,(H,15,17)(H,19,20). The molecule has 0 saturated carbocycles. The Morgan fingerprint density at radius 2 is 2.19 bits per heavy atom. The van der Waals surface area contributed by atoms with Crippen LogP contribution in [0.1, 0.15) is 12.0 Å². The van der Waals surface area contributed by atoms with Crippen molar-refractivity contribution in [3.63, 3.8) is 0 Å². The first-order chi connectivity index (χ1) is 10.0. The fourth-order valence-electron chi connectivity index (χ4n) is 1.97. The number of anilines is 1. The van der Waals surface area contributed by atoms with E-state index in [1.165, 1.54) is 16.7 Å². The number of nitrogens with one attached hydrogen (secondary N) is 1. The zero-order valence-electron chi connectivity index (χ0n) is 11.4. The molecule has 1 aromatic rings. The maximum Gasteiger partial charge on any atom is 0.303 e. The van der Waals surface area contributed by atoms with Crippen LogP contribution in [0, 0.1) is 0 Å². The van der Waals surface area contributed by atoms with Gasteiger partial charge in [-0.25, -0.2) is 0 Å². The summed E-state index contributed by atoms with van der Waals surface area (Å²) in [6.07, 6.45) is 0.469. The summed E-state index contributed by atoms with van der Waals surface area (Å²) in [5, 5.41) is 11.4. The molecular weight excluding hydrogens is 292 g/mol. The average molecular weight is 308 g/mol. The topological polar surface area (TPSA) is 86.7 Å². The van der Waals surface area contributed by atoms with E-state index in [9.17, 15) is 14.4 Å². The molecule has 7 heteroatoms. The highest BCUT2D eigenvalue weighted by Gasteiger charge is 2.22. The molecule has 1 heterocycles. The minimum Gasteiger partial charge on any atom is -0.481 e. The maximum atomic E-state index is 11.9. The molecule has 0 spiro atoms. The van der Waals surface area contributed by atoms with Crippen LogP contribution in [0.3, 0.4) is 0 Å². The number of aliphatic carboxylic acids is 1. The summed E-state index contributed by atoms with van der Waals surface area (Å²) in [6, 6.07) is 7.08. The Kier molecular flexibility index (Phi) is 5.21. The van der Waals surface area contributed by atoms with Crippen LogP contribution in [0.5, 0.6) is 0 Å². The van der Waals surface area contributed by atoms with Gasteiger partial charge in [0.15, 0.2) is 0 Å². The molecule has 2 rings (SSSR count). The number of amides is 2. The maximum absolute atomic E-state index is 11.9. The Morgan fingerprint density at radius 3 is 2.86 bits per heavy atom. The van der Waals surface area contributed by atoms with Crippen molar-refractivity contribution in [2.45, 2.75) is 12.8 Å². The lowest BCUT2D eigenvalue weighted by molar-refractivity contribution is -0.137. The highest BCUT2D eigenvalue weighted by atomic mass is 32.2. The van der Waals surface area contributed by atoms with Crippen LogP contribution in [0.2, 0.25) is 0 Å². The Bertz CT molecular complexity index is 562. The lowest BCUT2D eigenvalue weighted by Gasteiger charge is -2.14. The average Bonchev–Trinajstić information content (AvgIpc) is 2.82. The van der Waals surface area contributed by atoms with Crippen molar-refractivity contribution in [1.29, 1.82) is 0 Å². The van der Waals surface area contributed by atoms with Gasteiger partial charge in [0.2, 0.25) is 11.8 Å². The summed E-state index contributed by atoms with van der Waals surface area (Å²) in [6.45, 7) is 0.0468. The summed E-state index contributed by atoms with van der Waals surface area (Å²) in [5.41, 5.74) is 1.46. The number of carbonyl (C=O) groups is 3. The molecule has 0 bridgehead atoms. The molecule has 0 aromatic heterocycles. The van der Waals surface area contributed by atoms with E-state index >= 15 is 0 Å². The van der Waals surface area contributed by atoms with Gasteiger partial charge in [-0.2, -0.15) is 0 Å². The summed E-state index contributed by atoms with van der Waals surface area (Å²) >= 11 is 1.49. The summed E-state index contributed by atoms with van der Waals surface area (Å²) in [7, 11) is 0. The zero-order valence-corrected chi connectivity index (χ0v) is 12.2. The van der Waals surface area contributed by atoms with Crippen LogP contribution in [0.25, 0.3) is 0 Å². The van der Waals surface area contributed by atoms with Crippen molar-refractivity contribution in [2.75, 3.05) is 23.5 Å². The summed E-state index contributed by atoms with van der Waals surface area (Å²) in [5.74, 6) is -0.149. The van der Waals surface area contributed by atoms with Gasteiger partial charge in [0, 0.05) is 12.1 Å². The zero-order chi connectivity index (χ0) is 15.2. The highest BCUT2D eigenvalue weighted by Crippen LogP contribution is 2.16. The number of carboxylic acid groups (broad SMARTS) is 1. The van der Waals surface area contributed by atoms with Gasteiger partial charge in [0.05, 0.1) is 11.6 Å². The second-order valence-corrected chi connectivity index (χ2v) is 5.67. The van der Waals surface area contributed by atoms with E-state index in [4.69, 9.17) is 5.11 Å². The van der Waals surface area contributed by atoms with Gasteiger partial charge in [-0.3, -0.25) is 14.4 Å². The van der Waals surface area contributed by atoms with Gasteiger partial charge in [-0.05, 0) is 24.1 Å². The van der Waals surface area contributed by atoms with Gasteiger partial charge >= 0.3 is 5.97 Å². The van der Waals surface area contributed by atoms with E-state index in [1.807, 2.05) is 6.07 Å². The molecule has 1 aliphatic rings. The van der Waals surface area contributed by atoms with E-state index in [0.29, 0.717) is 23.7 Å². The van der Waals surface area contributed by atoms with Gasteiger partial charge in [0.1, 0.15) is 6.54 Å². The predicted molar refractivity (Wildman–Crippen MR) is 80.1 cm³/mol. The SMILES string of the molecule is O=C(O)CCc1cccc(NC(=O)CN2CSCC2=O)c1. The second kappa shape index (κ2) is 7.12.